The van der Waals surface area contributed by atoms with Crippen molar-refractivity contribution in [2.45, 2.75) is 18.7 Å². The first-order valence-electron chi connectivity index (χ1n) is 10.1. The van der Waals surface area contributed by atoms with E-state index in [9.17, 15) is 18.0 Å². The number of nitrogens with zero attached hydrogens (tertiary/aromatic N) is 2. The summed E-state index contributed by atoms with van der Waals surface area (Å²) in [4.78, 5) is 13.0. The van der Waals surface area contributed by atoms with Gasteiger partial charge in [0.15, 0.2) is 0 Å². The highest BCUT2D eigenvalue weighted by Crippen LogP contribution is 2.37. The lowest BCUT2D eigenvalue weighted by Crippen LogP contribution is -2.38. The summed E-state index contributed by atoms with van der Waals surface area (Å²) in [6.45, 7) is 2.06. The van der Waals surface area contributed by atoms with Crippen molar-refractivity contribution in [1.82, 2.24) is 5.01 Å². The molecule has 176 valence electrons. The number of nitrogens with one attached hydrogen (secondary N) is 1. The lowest BCUT2D eigenvalue weighted by molar-refractivity contribution is -0.274. The number of amides is 2. The lowest BCUT2D eigenvalue weighted by atomic mass is 9.76. The van der Waals surface area contributed by atoms with E-state index >= 15 is 0 Å². The zero-order valence-electron chi connectivity index (χ0n) is 17.7. The molecule has 1 aliphatic heterocycles. The lowest BCUT2D eigenvalue weighted by Gasteiger charge is -2.27. The molecule has 0 spiro atoms. The molecule has 0 aliphatic carbocycles. The van der Waals surface area contributed by atoms with E-state index in [0.717, 1.165) is 10.0 Å². The van der Waals surface area contributed by atoms with Crippen LogP contribution in [-0.2, 0) is 5.41 Å². The highest BCUT2D eigenvalue weighted by molar-refractivity contribution is 9.10. The van der Waals surface area contributed by atoms with Crippen molar-refractivity contribution >= 4 is 45.0 Å². The van der Waals surface area contributed by atoms with Crippen molar-refractivity contribution in [3.63, 3.8) is 0 Å². The SMILES string of the molecule is CC1(c2ccc(OC(F)(F)F)cc2)CN(C(=O)Nc2ccc(Br)cc2)N=C1c1ccc(Cl)cc1. The number of carbonyl (C=O) groups excluding carboxylic acids is 1. The molecule has 0 radical (unpaired) electrons. The number of urea groups is 1. The average molecular weight is 553 g/mol. The Labute approximate surface area is 207 Å². The maximum atomic E-state index is 13.0. The number of benzene rings is 3. The monoisotopic (exact) mass is 551 g/mol. The number of hydrogen-bond donors (Lipinski definition) is 1. The predicted octanol–water partition coefficient (Wildman–Crippen LogP) is 7.21. The number of carbonyl (C=O) groups is 1. The van der Waals surface area contributed by atoms with Gasteiger partial charge in [-0.2, -0.15) is 5.10 Å². The molecule has 1 N–H and O–H groups in total. The second-order valence-electron chi connectivity index (χ2n) is 7.85. The molecular formula is C24H18BrClF3N3O2. The largest absolute Gasteiger partial charge is 0.573 e. The van der Waals surface area contributed by atoms with Crippen molar-refractivity contribution in [3.8, 4) is 5.75 Å². The number of halogens is 5. The third kappa shape index (κ3) is 5.37. The number of anilines is 1. The van der Waals surface area contributed by atoms with Crippen LogP contribution in [0, 0.1) is 0 Å². The third-order valence-electron chi connectivity index (χ3n) is 5.38. The molecule has 0 bridgehead atoms. The van der Waals surface area contributed by atoms with Crippen molar-refractivity contribution in [3.05, 3.63) is 93.4 Å². The van der Waals surface area contributed by atoms with Gasteiger partial charge in [0.05, 0.1) is 17.7 Å². The molecule has 0 fully saturated rings. The minimum Gasteiger partial charge on any atom is -0.406 e. The van der Waals surface area contributed by atoms with Crippen LogP contribution in [0.25, 0.3) is 0 Å². The maximum Gasteiger partial charge on any atom is 0.573 e. The van der Waals surface area contributed by atoms with Gasteiger partial charge >= 0.3 is 12.4 Å². The molecule has 34 heavy (non-hydrogen) atoms. The fourth-order valence-electron chi connectivity index (χ4n) is 3.72. The van der Waals surface area contributed by atoms with Crippen LogP contribution in [-0.4, -0.2) is 29.7 Å². The molecule has 1 atom stereocenters. The van der Waals surface area contributed by atoms with Crippen LogP contribution in [0.2, 0.25) is 5.02 Å². The predicted molar refractivity (Wildman–Crippen MR) is 128 cm³/mol. The molecule has 0 saturated carbocycles. The third-order valence-corrected chi connectivity index (χ3v) is 6.16. The fourth-order valence-corrected chi connectivity index (χ4v) is 4.11. The summed E-state index contributed by atoms with van der Waals surface area (Å²) in [5, 5.41) is 9.25. The van der Waals surface area contributed by atoms with Gasteiger partial charge in [-0.15, -0.1) is 13.2 Å². The zero-order valence-corrected chi connectivity index (χ0v) is 20.1. The van der Waals surface area contributed by atoms with Gasteiger partial charge in [-0.05, 0) is 66.6 Å². The summed E-state index contributed by atoms with van der Waals surface area (Å²) in [5.41, 5.74) is 1.79. The molecule has 0 saturated heterocycles. The summed E-state index contributed by atoms with van der Waals surface area (Å²) >= 11 is 9.39. The van der Waals surface area contributed by atoms with Crippen molar-refractivity contribution < 1.29 is 22.7 Å². The van der Waals surface area contributed by atoms with Crippen LogP contribution in [0.15, 0.2) is 82.4 Å². The van der Waals surface area contributed by atoms with E-state index in [-0.39, 0.29) is 12.3 Å². The quantitative estimate of drug-likeness (QED) is 0.372. The topological polar surface area (TPSA) is 53.9 Å². The minimum absolute atomic E-state index is 0.173. The van der Waals surface area contributed by atoms with E-state index in [1.54, 1.807) is 60.7 Å². The molecule has 1 heterocycles. The standard InChI is InChI=1S/C24H18BrClF3N3O2/c1-23(16-4-12-20(13-5-16)34-24(27,28)29)14-32(22(33)30-19-10-6-17(25)7-11-19)31-21(23)15-2-8-18(26)9-3-15/h2-13H,14H2,1H3,(H,30,33). The van der Waals surface area contributed by atoms with Gasteiger partial charge in [0.2, 0.25) is 0 Å². The van der Waals surface area contributed by atoms with Crippen LogP contribution in [0.3, 0.4) is 0 Å². The normalized spacial score (nSPS) is 17.9. The van der Waals surface area contributed by atoms with E-state index in [2.05, 4.69) is 31.1 Å². The summed E-state index contributed by atoms with van der Waals surface area (Å²) in [5.74, 6) is -0.326. The van der Waals surface area contributed by atoms with E-state index in [1.165, 1.54) is 17.1 Å². The number of ether oxygens (including phenoxy) is 1. The average Bonchev–Trinajstić information content (AvgIpc) is 3.14. The second-order valence-corrected chi connectivity index (χ2v) is 9.21. The van der Waals surface area contributed by atoms with E-state index in [1.807, 2.05) is 6.92 Å². The van der Waals surface area contributed by atoms with E-state index in [4.69, 9.17) is 11.6 Å². The highest BCUT2D eigenvalue weighted by Gasteiger charge is 2.43. The Morgan fingerprint density at radius 2 is 1.68 bits per heavy atom. The molecule has 0 aromatic heterocycles. The first kappa shape index (κ1) is 24.1. The second kappa shape index (κ2) is 9.31. The number of hydrogen-bond acceptors (Lipinski definition) is 3. The molecule has 1 unspecified atom stereocenters. The first-order chi connectivity index (χ1) is 16.0. The summed E-state index contributed by atoms with van der Waals surface area (Å²) in [6.07, 6.45) is -4.78. The van der Waals surface area contributed by atoms with Gasteiger partial charge in [-0.25, -0.2) is 9.80 Å². The van der Waals surface area contributed by atoms with E-state index in [0.29, 0.717) is 22.0 Å². The fraction of sp³-hybridized carbons (Fsp3) is 0.167. The zero-order chi connectivity index (χ0) is 24.5. The molecule has 3 aromatic rings. The van der Waals surface area contributed by atoms with Crippen LogP contribution in [0.5, 0.6) is 5.75 Å². The first-order valence-corrected chi connectivity index (χ1v) is 11.3. The molecular weight excluding hydrogens is 535 g/mol. The summed E-state index contributed by atoms with van der Waals surface area (Å²) in [6, 6.07) is 19.3. The van der Waals surface area contributed by atoms with Gasteiger partial charge in [0.25, 0.3) is 0 Å². The minimum atomic E-state index is -4.78. The Morgan fingerprint density at radius 1 is 1.06 bits per heavy atom. The Bertz CT molecular complexity index is 1220. The molecule has 10 heteroatoms. The molecule has 1 aliphatic rings. The van der Waals surface area contributed by atoms with Gasteiger partial charge in [-0.3, -0.25) is 0 Å². The van der Waals surface area contributed by atoms with Gasteiger partial charge < -0.3 is 10.1 Å². The van der Waals surface area contributed by atoms with Gasteiger partial charge in [-0.1, -0.05) is 51.8 Å². The van der Waals surface area contributed by atoms with Crippen LogP contribution in [0.4, 0.5) is 23.7 Å². The maximum absolute atomic E-state index is 13.0. The number of hydrazone groups is 1. The molecule has 4 rings (SSSR count). The Kier molecular flexibility index (Phi) is 6.60. The highest BCUT2D eigenvalue weighted by atomic mass is 79.9. The van der Waals surface area contributed by atoms with Gasteiger partial charge in [0, 0.05) is 15.2 Å². The van der Waals surface area contributed by atoms with E-state index < -0.39 is 17.8 Å². The van der Waals surface area contributed by atoms with Crippen molar-refractivity contribution in [1.29, 1.82) is 0 Å². The smallest absolute Gasteiger partial charge is 0.406 e. The Morgan fingerprint density at radius 3 is 2.26 bits per heavy atom. The van der Waals surface area contributed by atoms with Crippen molar-refractivity contribution in [2.24, 2.45) is 5.10 Å². The molecule has 5 nitrogen and oxygen atoms in total. The van der Waals surface area contributed by atoms with Gasteiger partial charge in [0.1, 0.15) is 5.75 Å². The van der Waals surface area contributed by atoms with Crippen molar-refractivity contribution in [2.75, 3.05) is 11.9 Å². The van der Waals surface area contributed by atoms with Crippen LogP contribution in [0.1, 0.15) is 18.1 Å². The summed E-state index contributed by atoms with van der Waals surface area (Å²) in [7, 11) is 0. The van der Waals surface area contributed by atoms with Crippen LogP contribution >= 0.6 is 27.5 Å². The number of rotatable bonds is 4. The molecule has 3 aromatic carbocycles. The summed E-state index contributed by atoms with van der Waals surface area (Å²) < 4.78 is 42.6. The Hall–Kier alpha value is -3.04. The molecule has 2 amide bonds. The Balaban J connectivity index is 1.66. The van der Waals surface area contributed by atoms with Crippen LogP contribution < -0.4 is 10.1 Å². The number of alkyl halides is 3.